The van der Waals surface area contributed by atoms with Gasteiger partial charge >= 0.3 is 0 Å². The smallest absolute Gasteiger partial charge is 0.162 e. The largest absolute Gasteiger partial charge is 0.493 e. The Morgan fingerprint density at radius 2 is 1.89 bits per heavy atom. The SMILES string of the molecule is COc1cc2c(cc1OC)-n1nnc(C)c1COC2. The summed E-state index contributed by atoms with van der Waals surface area (Å²) in [4.78, 5) is 0. The van der Waals surface area contributed by atoms with Crippen LogP contribution in [0.15, 0.2) is 12.1 Å². The molecule has 0 aliphatic carbocycles. The molecule has 6 heteroatoms. The second-order valence-corrected chi connectivity index (χ2v) is 4.36. The molecule has 1 aromatic heterocycles. The number of methoxy groups -OCH3 is 2. The molecule has 1 aliphatic rings. The van der Waals surface area contributed by atoms with Crippen molar-refractivity contribution in [3.8, 4) is 17.2 Å². The second kappa shape index (κ2) is 4.55. The van der Waals surface area contributed by atoms with Gasteiger partial charge in [0.25, 0.3) is 0 Å². The maximum Gasteiger partial charge on any atom is 0.162 e. The first-order chi connectivity index (χ1) is 9.24. The molecule has 0 radical (unpaired) electrons. The topological polar surface area (TPSA) is 58.4 Å². The van der Waals surface area contributed by atoms with Crippen molar-refractivity contribution in [3.05, 3.63) is 29.1 Å². The maximum atomic E-state index is 5.66. The molecule has 0 N–H and O–H groups in total. The third-order valence-corrected chi connectivity index (χ3v) is 3.27. The van der Waals surface area contributed by atoms with Crippen LogP contribution < -0.4 is 9.47 Å². The van der Waals surface area contributed by atoms with Crippen molar-refractivity contribution in [2.24, 2.45) is 0 Å². The van der Waals surface area contributed by atoms with E-state index in [1.165, 1.54) is 0 Å². The van der Waals surface area contributed by atoms with Crippen LogP contribution in [-0.4, -0.2) is 29.2 Å². The number of hydrogen-bond acceptors (Lipinski definition) is 5. The van der Waals surface area contributed by atoms with Gasteiger partial charge in [-0.05, 0) is 13.0 Å². The molecule has 1 aromatic carbocycles. The van der Waals surface area contributed by atoms with Crippen LogP contribution in [0.2, 0.25) is 0 Å². The van der Waals surface area contributed by atoms with Gasteiger partial charge in [-0.1, -0.05) is 5.21 Å². The van der Waals surface area contributed by atoms with Gasteiger partial charge in [0.05, 0.1) is 44.5 Å². The van der Waals surface area contributed by atoms with Gasteiger partial charge in [-0.25, -0.2) is 4.68 Å². The standard InChI is InChI=1S/C13H15N3O3/c1-8-11-7-19-6-9-4-12(17-2)13(18-3)5-10(9)16(11)15-14-8/h4-5H,6-7H2,1-3H3. The molecule has 0 spiro atoms. The van der Waals surface area contributed by atoms with Crippen LogP contribution in [0.5, 0.6) is 11.5 Å². The maximum absolute atomic E-state index is 5.66. The number of aryl methyl sites for hydroxylation is 1. The van der Waals surface area contributed by atoms with Gasteiger partial charge in [0.1, 0.15) is 0 Å². The van der Waals surface area contributed by atoms with E-state index in [1.54, 1.807) is 18.9 Å². The third kappa shape index (κ3) is 1.84. The van der Waals surface area contributed by atoms with Crippen LogP contribution in [0, 0.1) is 6.92 Å². The first kappa shape index (κ1) is 12.0. The quantitative estimate of drug-likeness (QED) is 0.822. The normalized spacial score (nSPS) is 13.4. The zero-order valence-electron chi connectivity index (χ0n) is 11.1. The summed E-state index contributed by atoms with van der Waals surface area (Å²) in [5, 5.41) is 8.28. The lowest BCUT2D eigenvalue weighted by molar-refractivity contribution is 0.107. The van der Waals surface area contributed by atoms with E-state index in [0.29, 0.717) is 24.7 Å². The number of nitrogens with zero attached hydrogens (tertiary/aromatic N) is 3. The monoisotopic (exact) mass is 261 g/mol. The Labute approximate surface area is 110 Å². The summed E-state index contributed by atoms with van der Waals surface area (Å²) < 4.78 is 18.1. The highest BCUT2D eigenvalue weighted by atomic mass is 16.5. The summed E-state index contributed by atoms with van der Waals surface area (Å²) in [5.74, 6) is 1.35. The van der Waals surface area contributed by atoms with E-state index < -0.39 is 0 Å². The molecule has 0 bridgehead atoms. The number of rotatable bonds is 2. The van der Waals surface area contributed by atoms with Gasteiger partial charge < -0.3 is 14.2 Å². The van der Waals surface area contributed by atoms with Crippen LogP contribution >= 0.6 is 0 Å². The Morgan fingerprint density at radius 3 is 2.63 bits per heavy atom. The molecular weight excluding hydrogens is 246 g/mol. The van der Waals surface area contributed by atoms with Crippen LogP contribution in [0.25, 0.3) is 5.69 Å². The van der Waals surface area contributed by atoms with Gasteiger partial charge in [-0.3, -0.25) is 0 Å². The van der Waals surface area contributed by atoms with Gasteiger partial charge in [-0.15, -0.1) is 5.10 Å². The predicted octanol–water partition coefficient (Wildman–Crippen LogP) is 1.62. The molecule has 0 saturated heterocycles. The van der Waals surface area contributed by atoms with Crippen molar-refractivity contribution >= 4 is 0 Å². The molecule has 6 nitrogen and oxygen atoms in total. The van der Waals surface area contributed by atoms with Crippen LogP contribution in [0.3, 0.4) is 0 Å². The zero-order valence-corrected chi connectivity index (χ0v) is 11.1. The summed E-state index contributed by atoms with van der Waals surface area (Å²) in [6.45, 7) is 2.94. The summed E-state index contributed by atoms with van der Waals surface area (Å²) >= 11 is 0. The minimum Gasteiger partial charge on any atom is -0.493 e. The first-order valence-electron chi connectivity index (χ1n) is 5.98. The van der Waals surface area contributed by atoms with E-state index in [4.69, 9.17) is 14.2 Å². The molecule has 100 valence electrons. The molecule has 0 atom stereocenters. The number of ether oxygens (including phenoxy) is 3. The zero-order chi connectivity index (χ0) is 13.4. The van der Waals surface area contributed by atoms with Crippen molar-refractivity contribution in [1.82, 2.24) is 15.0 Å². The van der Waals surface area contributed by atoms with E-state index in [-0.39, 0.29) is 0 Å². The van der Waals surface area contributed by atoms with Crippen molar-refractivity contribution in [2.45, 2.75) is 20.1 Å². The Balaban J connectivity index is 2.23. The molecule has 0 fully saturated rings. The molecule has 0 amide bonds. The van der Waals surface area contributed by atoms with Crippen molar-refractivity contribution in [2.75, 3.05) is 14.2 Å². The fourth-order valence-corrected chi connectivity index (χ4v) is 2.22. The Kier molecular flexibility index (Phi) is 2.87. The molecule has 0 unspecified atom stereocenters. The predicted molar refractivity (Wildman–Crippen MR) is 67.7 cm³/mol. The summed E-state index contributed by atoms with van der Waals surface area (Å²) in [5.41, 5.74) is 3.76. The highest BCUT2D eigenvalue weighted by Gasteiger charge is 2.21. The first-order valence-corrected chi connectivity index (χ1v) is 5.98. The lowest BCUT2D eigenvalue weighted by atomic mass is 10.1. The number of benzene rings is 1. The highest BCUT2D eigenvalue weighted by Crippen LogP contribution is 2.34. The van der Waals surface area contributed by atoms with E-state index in [9.17, 15) is 0 Å². The van der Waals surface area contributed by atoms with E-state index in [0.717, 1.165) is 22.6 Å². The van der Waals surface area contributed by atoms with Gasteiger partial charge in [0.15, 0.2) is 11.5 Å². The van der Waals surface area contributed by atoms with E-state index in [2.05, 4.69) is 10.3 Å². The van der Waals surface area contributed by atoms with E-state index in [1.807, 2.05) is 19.1 Å². The number of hydrogen-bond donors (Lipinski definition) is 0. The van der Waals surface area contributed by atoms with Crippen LogP contribution in [0.4, 0.5) is 0 Å². The Hall–Kier alpha value is -2.08. The lowest BCUT2D eigenvalue weighted by Crippen LogP contribution is -2.04. The molecule has 3 rings (SSSR count). The summed E-state index contributed by atoms with van der Waals surface area (Å²) in [6, 6.07) is 3.82. The minimum absolute atomic E-state index is 0.498. The van der Waals surface area contributed by atoms with Gasteiger partial charge in [0.2, 0.25) is 0 Å². The van der Waals surface area contributed by atoms with Crippen LogP contribution in [0.1, 0.15) is 17.0 Å². The number of fused-ring (bicyclic) bond motifs is 3. The summed E-state index contributed by atoms with van der Waals surface area (Å²) in [7, 11) is 3.23. The average Bonchev–Trinajstić information content (AvgIpc) is 2.70. The molecule has 0 saturated carbocycles. The molecule has 2 aromatic rings. The Bertz CT molecular complexity index is 622. The minimum atomic E-state index is 0.498. The molecule has 2 heterocycles. The second-order valence-electron chi connectivity index (χ2n) is 4.36. The number of aromatic nitrogens is 3. The van der Waals surface area contributed by atoms with Crippen molar-refractivity contribution in [3.63, 3.8) is 0 Å². The third-order valence-electron chi connectivity index (χ3n) is 3.27. The van der Waals surface area contributed by atoms with Gasteiger partial charge in [0, 0.05) is 11.6 Å². The van der Waals surface area contributed by atoms with E-state index >= 15 is 0 Å². The highest BCUT2D eigenvalue weighted by molar-refractivity contribution is 5.54. The van der Waals surface area contributed by atoms with Crippen molar-refractivity contribution < 1.29 is 14.2 Å². The lowest BCUT2D eigenvalue weighted by Gasteiger charge is -2.13. The van der Waals surface area contributed by atoms with Crippen molar-refractivity contribution in [1.29, 1.82) is 0 Å². The van der Waals surface area contributed by atoms with Crippen LogP contribution in [-0.2, 0) is 18.0 Å². The fourth-order valence-electron chi connectivity index (χ4n) is 2.22. The molecular formula is C13H15N3O3. The average molecular weight is 261 g/mol. The fraction of sp³-hybridized carbons (Fsp3) is 0.385. The molecule has 19 heavy (non-hydrogen) atoms. The van der Waals surface area contributed by atoms with Gasteiger partial charge in [-0.2, -0.15) is 0 Å². The molecule has 1 aliphatic heterocycles. The summed E-state index contributed by atoms with van der Waals surface area (Å²) in [6.07, 6.45) is 0. The Morgan fingerprint density at radius 1 is 1.16 bits per heavy atom.